The molecule has 0 bridgehead atoms. The molecule has 30 heavy (non-hydrogen) atoms. The average Bonchev–Trinajstić information content (AvgIpc) is 3.33. The van der Waals surface area contributed by atoms with E-state index in [9.17, 15) is 9.59 Å². The van der Waals surface area contributed by atoms with Gasteiger partial charge in [-0.1, -0.05) is 20.8 Å². The molecule has 0 radical (unpaired) electrons. The van der Waals surface area contributed by atoms with Crippen LogP contribution in [0.1, 0.15) is 70.5 Å². The molecule has 1 unspecified atom stereocenters. The van der Waals surface area contributed by atoms with E-state index in [2.05, 4.69) is 37.3 Å². The van der Waals surface area contributed by atoms with Crippen molar-refractivity contribution in [2.75, 3.05) is 13.1 Å². The summed E-state index contributed by atoms with van der Waals surface area (Å²) in [5.41, 5.74) is 2.27. The van der Waals surface area contributed by atoms with Gasteiger partial charge in [0.2, 0.25) is 0 Å². The minimum atomic E-state index is -0.0905. The van der Waals surface area contributed by atoms with Gasteiger partial charge in [-0.25, -0.2) is 0 Å². The third-order valence-corrected chi connectivity index (χ3v) is 7.83. The van der Waals surface area contributed by atoms with Crippen LogP contribution in [0.25, 0.3) is 0 Å². The predicted octanol–water partition coefficient (Wildman–Crippen LogP) is 3.67. The van der Waals surface area contributed by atoms with Crippen LogP contribution in [0.4, 0.5) is 0 Å². The van der Waals surface area contributed by atoms with Gasteiger partial charge in [-0.05, 0) is 55.1 Å². The Labute approximate surface area is 182 Å². The van der Waals surface area contributed by atoms with Gasteiger partial charge in [0.15, 0.2) is 0 Å². The van der Waals surface area contributed by atoms with Gasteiger partial charge < -0.3 is 10.2 Å². The summed E-state index contributed by atoms with van der Waals surface area (Å²) in [5, 5.41) is 7.13. The van der Waals surface area contributed by atoms with Gasteiger partial charge in [-0.2, -0.15) is 5.10 Å². The number of fused-ring (bicyclic) bond motifs is 1. The Morgan fingerprint density at radius 3 is 2.57 bits per heavy atom. The lowest BCUT2D eigenvalue weighted by atomic mass is 9.72. The van der Waals surface area contributed by atoms with Crippen molar-refractivity contribution in [2.45, 2.75) is 58.9 Å². The van der Waals surface area contributed by atoms with E-state index in [1.165, 1.54) is 16.9 Å². The summed E-state index contributed by atoms with van der Waals surface area (Å²) in [6, 6.07) is 2.25. The molecule has 1 fully saturated rings. The van der Waals surface area contributed by atoms with Gasteiger partial charge in [-0.15, -0.1) is 11.3 Å². The molecule has 4 rings (SSSR count). The van der Waals surface area contributed by atoms with Gasteiger partial charge in [0.1, 0.15) is 0 Å². The Morgan fingerprint density at radius 2 is 1.93 bits per heavy atom. The number of carbonyl (C=O) groups is 2. The number of nitrogens with zero attached hydrogens (tertiary/aromatic N) is 3. The summed E-state index contributed by atoms with van der Waals surface area (Å²) >= 11 is 1.69. The van der Waals surface area contributed by atoms with Gasteiger partial charge in [0.05, 0.1) is 16.6 Å². The first-order valence-electron chi connectivity index (χ1n) is 10.9. The number of amides is 2. The van der Waals surface area contributed by atoms with E-state index in [0.717, 1.165) is 30.6 Å². The third kappa shape index (κ3) is 4.46. The molecular weight excluding hydrogens is 396 g/mol. The molecule has 1 atom stereocenters. The van der Waals surface area contributed by atoms with E-state index < -0.39 is 0 Å². The van der Waals surface area contributed by atoms with E-state index in [0.29, 0.717) is 30.0 Å². The number of likely N-dealkylation sites (tertiary alicyclic amines) is 1. The third-order valence-electron chi connectivity index (χ3n) is 6.60. The molecule has 6 nitrogen and oxygen atoms in total. The minimum Gasteiger partial charge on any atom is -0.349 e. The van der Waals surface area contributed by atoms with E-state index in [-0.39, 0.29) is 17.9 Å². The van der Waals surface area contributed by atoms with Gasteiger partial charge in [-0.3, -0.25) is 14.3 Å². The fourth-order valence-corrected chi connectivity index (χ4v) is 5.73. The molecule has 2 amide bonds. The fourth-order valence-electron chi connectivity index (χ4n) is 4.56. The number of aromatic nitrogens is 2. The quantitative estimate of drug-likeness (QED) is 0.811. The molecule has 0 aromatic carbocycles. The molecule has 2 aromatic heterocycles. The normalized spacial score (nSPS) is 20.1. The first-order valence-corrected chi connectivity index (χ1v) is 11.7. The molecule has 2 aromatic rings. The number of rotatable bonds is 3. The zero-order valence-corrected chi connectivity index (χ0v) is 19.2. The zero-order chi connectivity index (χ0) is 21.5. The van der Waals surface area contributed by atoms with Crippen LogP contribution < -0.4 is 5.32 Å². The van der Waals surface area contributed by atoms with Crippen LogP contribution in [0.2, 0.25) is 0 Å². The van der Waals surface area contributed by atoms with Crippen LogP contribution >= 0.6 is 11.3 Å². The molecular formula is C23H32N4O2S. The second kappa shape index (κ2) is 8.17. The summed E-state index contributed by atoms with van der Waals surface area (Å²) in [7, 11) is 1.80. The fraction of sp³-hybridized carbons (Fsp3) is 0.609. The van der Waals surface area contributed by atoms with Crippen molar-refractivity contribution in [2.24, 2.45) is 18.4 Å². The van der Waals surface area contributed by atoms with Crippen LogP contribution in [0, 0.1) is 11.3 Å². The molecule has 0 saturated carbocycles. The minimum absolute atomic E-state index is 0.0905. The Kier molecular flexibility index (Phi) is 5.75. The molecule has 7 heteroatoms. The highest BCUT2D eigenvalue weighted by atomic mass is 32.1. The maximum atomic E-state index is 13.1. The number of aryl methyl sites for hydroxylation is 2. The Morgan fingerprint density at radius 1 is 1.20 bits per heavy atom. The van der Waals surface area contributed by atoms with Crippen molar-refractivity contribution >= 4 is 23.2 Å². The van der Waals surface area contributed by atoms with Gasteiger partial charge in [0, 0.05) is 37.3 Å². The van der Waals surface area contributed by atoms with Crippen molar-refractivity contribution in [3.63, 3.8) is 0 Å². The topological polar surface area (TPSA) is 67.2 Å². The number of carbonyl (C=O) groups excluding carboxylic acids is 2. The summed E-state index contributed by atoms with van der Waals surface area (Å²) < 4.78 is 1.63. The lowest BCUT2D eigenvalue weighted by molar-refractivity contribution is 0.0702. The SMILES string of the molecule is Cn1cc(C(=O)NC2CCN(C(=O)c3cc4c(s3)CCC(C(C)(C)C)C4)CC2)cn1. The Hall–Kier alpha value is -2.15. The molecule has 162 valence electrons. The first-order chi connectivity index (χ1) is 14.2. The van der Waals surface area contributed by atoms with Gasteiger partial charge in [0.25, 0.3) is 11.8 Å². The highest BCUT2D eigenvalue weighted by Gasteiger charge is 2.32. The number of hydrogen-bond donors (Lipinski definition) is 1. The lowest BCUT2D eigenvalue weighted by Gasteiger charge is -2.33. The predicted molar refractivity (Wildman–Crippen MR) is 119 cm³/mol. The largest absolute Gasteiger partial charge is 0.349 e. The summed E-state index contributed by atoms with van der Waals surface area (Å²) in [6.45, 7) is 8.32. The maximum Gasteiger partial charge on any atom is 0.263 e. The average molecular weight is 429 g/mol. The number of hydrogen-bond acceptors (Lipinski definition) is 4. The molecule has 1 aliphatic carbocycles. The van der Waals surface area contributed by atoms with Crippen molar-refractivity contribution in [3.8, 4) is 0 Å². The molecule has 0 spiro atoms. The second-order valence-corrected chi connectivity index (χ2v) is 10.9. The van der Waals surface area contributed by atoms with E-state index in [1.807, 2.05) is 4.90 Å². The van der Waals surface area contributed by atoms with E-state index >= 15 is 0 Å². The summed E-state index contributed by atoms with van der Waals surface area (Å²) in [5.74, 6) is 0.743. The monoisotopic (exact) mass is 428 g/mol. The second-order valence-electron chi connectivity index (χ2n) is 9.81. The van der Waals surface area contributed by atoms with Crippen molar-refractivity contribution in [3.05, 3.63) is 39.3 Å². The van der Waals surface area contributed by atoms with Crippen LogP contribution in [-0.2, 0) is 19.9 Å². The van der Waals surface area contributed by atoms with E-state index in [1.54, 1.807) is 35.5 Å². The smallest absolute Gasteiger partial charge is 0.263 e. The summed E-state index contributed by atoms with van der Waals surface area (Å²) in [4.78, 5) is 29.6. The standard InChI is InChI=1S/C23H32N4O2S/c1-23(2,3)17-5-6-19-15(11-17)12-20(30-19)22(29)27-9-7-18(8-10-27)25-21(28)16-13-24-26(4)14-16/h12-14,17-18H,5-11H2,1-4H3,(H,25,28). The highest BCUT2D eigenvalue weighted by Crippen LogP contribution is 2.40. The highest BCUT2D eigenvalue weighted by molar-refractivity contribution is 7.14. The number of thiophene rings is 1. The molecule has 1 saturated heterocycles. The molecule has 3 heterocycles. The van der Waals surface area contributed by atoms with Gasteiger partial charge >= 0.3 is 0 Å². The van der Waals surface area contributed by atoms with Crippen LogP contribution in [-0.4, -0.2) is 45.6 Å². The number of piperidine rings is 1. The Balaban J connectivity index is 1.33. The molecule has 1 N–H and O–H groups in total. The van der Waals surface area contributed by atoms with Crippen LogP contribution in [0.15, 0.2) is 18.5 Å². The maximum absolute atomic E-state index is 13.1. The Bertz CT molecular complexity index is 931. The van der Waals surface area contributed by atoms with Crippen molar-refractivity contribution < 1.29 is 9.59 Å². The van der Waals surface area contributed by atoms with Crippen molar-refractivity contribution in [1.82, 2.24) is 20.0 Å². The van der Waals surface area contributed by atoms with Crippen LogP contribution in [0.5, 0.6) is 0 Å². The molecule has 2 aliphatic rings. The number of nitrogens with one attached hydrogen (secondary N) is 1. The lowest BCUT2D eigenvalue weighted by Crippen LogP contribution is -2.46. The first kappa shape index (κ1) is 21.1. The van der Waals surface area contributed by atoms with Crippen molar-refractivity contribution in [1.29, 1.82) is 0 Å². The molecule has 1 aliphatic heterocycles. The van der Waals surface area contributed by atoms with E-state index in [4.69, 9.17) is 0 Å². The summed E-state index contributed by atoms with van der Waals surface area (Å²) in [6.07, 6.45) is 8.27. The zero-order valence-electron chi connectivity index (χ0n) is 18.4. The van der Waals surface area contributed by atoms with Crippen LogP contribution in [0.3, 0.4) is 0 Å².